The summed E-state index contributed by atoms with van der Waals surface area (Å²) in [6, 6.07) is 4.97. The molecule has 2 aromatic heterocycles. The second-order valence-corrected chi connectivity index (χ2v) is 7.05. The van der Waals surface area contributed by atoms with Crippen molar-refractivity contribution in [2.45, 2.75) is 13.8 Å². The molecule has 1 fully saturated rings. The van der Waals surface area contributed by atoms with E-state index in [-0.39, 0.29) is 17.4 Å². The highest BCUT2D eigenvalue weighted by atomic mass is 19.2. The van der Waals surface area contributed by atoms with E-state index in [4.69, 9.17) is 0 Å². The fourth-order valence-electron chi connectivity index (χ4n) is 3.52. The van der Waals surface area contributed by atoms with Crippen LogP contribution in [-0.4, -0.2) is 62.4 Å². The topological polar surface area (TPSA) is 70.8 Å². The first-order valence-corrected chi connectivity index (χ1v) is 9.21. The zero-order chi connectivity index (χ0) is 20.7. The maximum absolute atomic E-state index is 13.4. The number of hydrogen-bond donors (Lipinski definition) is 0. The van der Waals surface area contributed by atoms with Gasteiger partial charge in [0.15, 0.2) is 17.3 Å². The summed E-state index contributed by atoms with van der Waals surface area (Å²) in [6.45, 7) is 5.01. The molecule has 150 valence electrons. The lowest BCUT2D eigenvalue weighted by Gasteiger charge is -2.34. The molecular formula is C20H19F2N5O2. The van der Waals surface area contributed by atoms with E-state index < -0.39 is 11.6 Å². The van der Waals surface area contributed by atoms with Gasteiger partial charge in [-0.25, -0.2) is 18.3 Å². The van der Waals surface area contributed by atoms with Gasteiger partial charge in [-0.3, -0.25) is 9.59 Å². The second-order valence-electron chi connectivity index (χ2n) is 7.05. The number of benzene rings is 1. The van der Waals surface area contributed by atoms with Gasteiger partial charge in [-0.1, -0.05) is 0 Å². The Hall–Kier alpha value is -3.36. The van der Waals surface area contributed by atoms with Crippen LogP contribution in [-0.2, 0) is 0 Å². The monoisotopic (exact) mass is 399 g/mol. The van der Waals surface area contributed by atoms with Gasteiger partial charge in [-0.2, -0.15) is 5.10 Å². The maximum Gasteiger partial charge on any atom is 0.259 e. The minimum absolute atomic E-state index is 0.0847. The minimum Gasteiger partial charge on any atom is -0.335 e. The number of piperazine rings is 1. The van der Waals surface area contributed by atoms with E-state index in [2.05, 4.69) is 10.1 Å². The van der Waals surface area contributed by atoms with Gasteiger partial charge in [0.1, 0.15) is 5.56 Å². The number of amides is 2. The van der Waals surface area contributed by atoms with Crippen LogP contribution in [0.4, 0.5) is 8.78 Å². The van der Waals surface area contributed by atoms with Crippen LogP contribution in [0.1, 0.15) is 32.1 Å². The van der Waals surface area contributed by atoms with Crippen molar-refractivity contribution in [3.8, 4) is 0 Å². The number of carbonyl (C=O) groups is 2. The smallest absolute Gasteiger partial charge is 0.259 e. The van der Waals surface area contributed by atoms with Crippen LogP contribution in [0.25, 0.3) is 5.65 Å². The third-order valence-electron chi connectivity index (χ3n) is 5.03. The molecule has 1 aromatic carbocycles. The second kappa shape index (κ2) is 7.23. The summed E-state index contributed by atoms with van der Waals surface area (Å²) in [4.78, 5) is 33.1. The summed E-state index contributed by atoms with van der Waals surface area (Å²) < 4.78 is 28.1. The summed E-state index contributed by atoms with van der Waals surface area (Å²) in [7, 11) is 0. The van der Waals surface area contributed by atoms with Crippen LogP contribution in [0.15, 0.2) is 30.5 Å². The molecule has 7 nitrogen and oxygen atoms in total. The summed E-state index contributed by atoms with van der Waals surface area (Å²) in [6.07, 6.45) is 1.51. The largest absolute Gasteiger partial charge is 0.335 e. The number of aryl methyl sites for hydroxylation is 2. The van der Waals surface area contributed by atoms with Gasteiger partial charge in [-0.15, -0.1) is 0 Å². The van der Waals surface area contributed by atoms with Crippen molar-refractivity contribution in [3.05, 3.63) is 64.6 Å². The number of hydrogen-bond acceptors (Lipinski definition) is 4. The zero-order valence-corrected chi connectivity index (χ0v) is 16.0. The van der Waals surface area contributed by atoms with Crippen molar-refractivity contribution in [1.82, 2.24) is 24.4 Å². The van der Waals surface area contributed by atoms with Gasteiger partial charge in [-0.05, 0) is 38.1 Å². The number of nitrogens with zero attached hydrogens (tertiary/aromatic N) is 5. The normalized spacial score (nSPS) is 14.5. The molecule has 4 rings (SSSR count). The molecule has 0 aliphatic carbocycles. The number of rotatable bonds is 2. The van der Waals surface area contributed by atoms with E-state index in [1.165, 1.54) is 17.2 Å². The molecule has 9 heteroatoms. The standard InChI is InChI=1S/C20H19F2N5O2/c1-12-9-13(2)27-18(24-12)15(11-23-27)20(29)26-7-5-25(6-8-26)19(28)14-3-4-16(21)17(22)10-14/h3-4,9-11H,5-8H2,1-2H3. The third kappa shape index (κ3) is 3.43. The fraction of sp³-hybridized carbons (Fsp3) is 0.300. The molecule has 0 radical (unpaired) electrons. The van der Waals surface area contributed by atoms with Crippen LogP contribution < -0.4 is 0 Å². The molecule has 1 aliphatic rings. The summed E-state index contributed by atoms with van der Waals surface area (Å²) >= 11 is 0. The molecule has 0 spiro atoms. The van der Waals surface area contributed by atoms with Crippen LogP contribution in [0.5, 0.6) is 0 Å². The molecular weight excluding hydrogens is 380 g/mol. The quantitative estimate of drug-likeness (QED) is 0.663. The van der Waals surface area contributed by atoms with Crippen LogP contribution in [0, 0.1) is 25.5 Å². The third-order valence-corrected chi connectivity index (χ3v) is 5.03. The molecule has 0 bridgehead atoms. The van der Waals surface area contributed by atoms with Gasteiger partial charge >= 0.3 is 0 Å². The highest BCUT2D eigenvalue weighted by Crippen LogP contribution is 2.17. The lowest BCUT2D eigenvalue weighted by molar-refractivity contribution is 0.0536. The van der Waals surface area contributed by atoms with Gasteiger partial charge < -0.3 is 9.80 Å². The Morgan fingerprint density at radius 1 is 0.931 bits per heavy atom. The van der Waals surface area contributed by atoms with E-state index >= 15 is 0 Å². The molecule has 0 atom stereocenters. The van der Waals surface area contributed by atoms with E-state index in [0.29, 0.717) is 37.4 Å². The first-order valence-electron chi connectivity index (χ1n) is 9.21. The van der Waals surface area contributed by atoms with E-state index in [9.17, 15) is 18.4 Å². The van der Waals surface area contributed by atoms with Gasteiger partial charge in [0.2, 0.25) is 0 Å². The highest BCUT2D eigenvalue weighted by Gasteiger charge is 2.28. The zero-order valence-electron chi connectivity index (χ0n) is 16.0. The SMILES string of the molecule is Cc1cc(C)n2ncc(C(=O)N3CCN(C(=O)c4ccc(F)c(F)c4)CC3)c2n1. The average molecular weight is 399 g/mol. The van der Waals surface area contributed by atoms with Crippen LogP contribution in [0.3, 0.4) is 0 Å². The average Bonchev–Trinajstić information content (AvgIpc) is 3.13. The van der Waals surface area contributed by atoms with E-state index in [1.807, 2.05) is 19.9 Å². The Kier molecular flexibility index (Phi) is 4.73. The van der Waals surface area contributed by atoms with E-state index in [0.717, 1.165) is 23.5 Å². The number of carbonyl (C=O) groups excluding carboxylic acids is 2. The van der Waals surface area contributed by atoms with Crippen molar-refractivity contribution < 1.29 is 18.4 Å². The molecule has 29 heavy (non-hydrogen) atoms. The van der Waals surface area contributed by atoms with Gasteiger partial charge in [0.25, 0.3) is 11.8 Å². The maximum atomic E-state index is 13.4. The number of fused-ring (bicyclic) bond motifs is 1. The van der Waals surface area contributed by atoms with Crippen molar-refractivity contribution >= 4 is 17.5 Å². The Morgan fingerprint density at radius 2 is 1.59 bits per heavy atom. The molecule has 0 unspecified atom stereocenters. The summed E-state index contributed by atoms with van der Waals surface area (Å²) in [5.41, 5.74) is 2.69. The molecule has 1 saturated heterocycles. The molecule has 3 aromatic rings. The van der Waals surface area contributed by atoms with Crippen LogP contribution in [0.2, 0.25) is 0 Å². The molecule has 2 amide bonds. The fourth-order valence-corrected chi connectivity index (χ4v) is 3.52. The Balaban J connectivity index is 1.48. The summed E-state index contributed by atoms with van der Waals surface area (Å²) in [5, 5.41) is 4.25. The Labute approximate surface area is 165 Å². The van der Waals surface area contributed by atoms with Crippen molar-refractivity contribution in [2.24, 2.45) is 0 Å². The first kappa shape index (κ1) is 19.0. The van der Waals surface area contributed by atoms with E-state index in [1.54, 1.807) is 9.42 Å². The lowest BCUT2D eigenvalue weighted by atomic mass is 10.1. The summed E-state index contributed by atoms with van der Waals surface area (Å²) in [5.74, 6) is -2.64. The molecule has 0 saturated carbocycles. The molecule has 0 N–H and O–H groups in total. The first-order chi connectivity index (χ1) is 13.8. The Morgan fingerprint density at radius 3 is 2.24 bits per heavy atom. The van der Waals surface area contributed by atoms with Crippen molar-refractivity contribution in [3.63, 3.8) is 0 Å². The predicted octanol–water partition coefficient (Wildman–Crippen LogP) is 2.22. The Bertz CT molecular complexity index is 1120. The predicted molar refractivity (Wildman–Crippen MR) is 101 cm³/mol. The van der Waals surface area contributed by atoms with Crippen molar-refractivity contribution in [1.29, 1.82) is 0 Å². The van der Waals surface area contributed by atoms with Gasteiger partial charge in [0, 0.05) is 43.1 Å². The number of aromatic nitrogens is 3. The molecule has 1 aliphatic heterocycles. The highest BCUT2D eigenvalue weighted by molar-refractivity contribution is 6.00. The minimum atomic E-state index is -1.06. The van der Waals surface area contributed by atoms with Crippen molar-refractivity contribution in [2.75, 3.05) is 26.2 Å². The number of halogens is 2. The molecule has 3 heterocycles. The lowest BCUT2D eigenvalue weighted by Crippen LogP contribution is -2.50. The van der Waals surface area contributed by atoms with Gasteiger partial charge in [0.05, 0.1) is 6.20 Å². The van der Waals surface area contributed by atoms with Crippen LogP contribution >= 0.6 is 0 Å².